The lowest BCUT2D eigenvalue weighted by Gasteiger charge is -2.45. The van der Waals surface area contributed by atoms with Crippen molar-refractivity contribution in [3.8, 4) is 0 Å². The van der Waals surface area contributed by atoms with E-state index in [-0.39, 0.29) is 5.91 Å². The van der Waals surface area contributed by atoms with Gasteiger partial charge in [0.05, 0.1) is 0 Å². The fourth-order valence-corrected chi connectivity index (χ4v) is 1.61. The number of hydrogen-bond donors (Lipinski definition) is 0. The molecule has 0 unspecified atom stereocenters. The highest BCUT2D eigenvalue weighted by molar-refractivity contribution is 5.88. The van der Waals surface area contributed by atoms with E-state index < -0.39 is 0 Å². The molecule has 80 valence electrons. The molecule has 0 saturated carbocycles. The Morgan fingerprint density at radius 2 is 2.00 bits per heavy atom. The smallest absolute Gasteiger partial charge is 0.246 e. The molecule has 3 nitrogen and oxygen atoms in total. The van der Waals surface area contributed by atoms with Crippen molar-refractivity contribution in [3.63, 3.8) is 0 Å². The summed E-state index contributed by atoms with van der Waals surface area (Å²) in [4.78, 5) is 15.4. The number of carbonyl (C=O) groups is 1. The van der Waals surface area contributed by atoms with Crippen LogP contribution >= 0.6 is 0 Å². The van der Waals surface area contributed by atoms with Crippen LogP contribution < -0.4 is 0 Å². The molecule has 0 aromatic heterocycles. The maximum atomic E-state index is 11.5. The average Bonchev–Trinajstić information content (AvgIpc) is 1.99. The minimum absolute atomic E-state index is 0.145. The van der Waals surface area contributed by atoms with Crippen LogP contribution in [-0.2, 0) is 4.79 Å². The first-order valence-corrected chi connectivity index (χ1v) is 5.01. The molecule has 1 aliphatic heterocycles. The Hall–Kier alpha value is -0.830. The summed E-state index contributed by atoms with van der Waals surface area (Å²) in [6, 6.07) is 0. The Bertz CT molecular complexity index is 236. The van der Waals surface area contributed by atoms with Crippen LogP contribution in [0.4, 0.5) is 0 Å². The van der Waals surface area contributed by atoms with Crippen molar-refractivity contribution in [1.82, 2.24) is 9.80 Å². The molecule has 0 aliphatic carbocycles. The van der Waals surface area contributed by atoms with Gasteiger partial charge in [0, 0.05) is 25.7 Å². The highest BCUT2D eigenvalue weighted by Crippen LogP contribution is 2.28. The molecule has 14 heavy (non-hydrogen) atoms. The molecule has 0 aromatic carbocycles. The molecular weight excluding hydrogens is 176 g/mol. The Morgan fingerprint density at radius 1 is 1.43 bits per heavy atom. The third kappa shape index (κ3) is 3.14. The van der Waals surface area contributed by atoms with Gasteiger partial charge in [0.25, 0.3) is 0 Å². The van der Waals surface area contributed by atoms with Gasteiger partial charge in [-0.15, -0.1) is 0 Å². The van der Waals surface area contributed by atoms with E-state index in [9.17, 15) is 4.79 Å². The van der Waals surface area contributed by atoms with E-state index in [0.717, 1.165) is 19.6 Å². The molecule has 1 heterocycles. The molecule has 0 spiro atoms. The van der Waals surface area contributed by atoms with Crippen LogP contribution in [-0.4, -0.2) is 49.4 Å². The van der Waals surface area contributed by atoms with E-state index in [4.69, 9.17) is 0 Å². The van der Waals surface area contributed by atoms with Crippen LogP contribution in [0.3, 0.4) is 0 Å². The van der Waals surface area contributed by atoms with Crippen molar-refractivity contribution in [2.45, 2.75) is 13.8 Å². The topological polar surface area (TPSA) is 23.6 Å². The predicted molar refractivity (Wildman–Crippen MR) is 58.1 cm³/mol. The number of carbonyl (C=O) groups excluding carboxylic acids is 1. The normalized spacial score (nSPS) is 20.2. The van der Waals surface area contributed by atoms with Crippen LogP contribution in [0.5, 0.6) is 0 Å². The third-order valence-corrected chi connectivity index (χ3v) is 2.28. The summed E-state index contributed by atoms with van der Waals surface area (Å²) < 4.78 is 0. The van der Waals surface area contributed by atoms with Crippen LogP contribution in [0.25, 0.3) is 0 Å². The van der Waals surface area contributed by atoms with E-state index in [1.807, 2.05) is 30.0 Å². The quantitative estimate of drug-likeness (QED) is 0.628. The number of likely N-dealkylation sites (N-methyl/N-ethyl adjacent to an activating group) is 1. The summed E-state index contributed by atoms with van der Waals surface area (Å²) in [6.07, 6.45) is 3.59. The largest absolute Gasteiger partial charge is 0.338 e. The zero-order chi connectivity index (χ0) is 10.8. The maximum absolute atomic E-state index is 11.5. The standard InChI is InChI=1S/C11H20N2O/c1-11(2)8-13(9-11)10(14)6-5-7-12(3)4/h5-6H,7-9H2,1-4H3/b6-5+. The van der Waals surface area contributed by atoms with Crippen LogP contribution in [0, 0.1) is 5.41 Å². The van der Waals surface area contributed by atoms with Gasteiger partial charge in [-0.1, -0.05) is 19.9 Å². The van der Waals surface area contributed by atoms with Gasteiger partial charge in [-0.05, 0) is 19.5 Å². The molecule has 0 N–H and O–H groups in total. The third-order valence-electron chi connectivity index (χ3n) is 2.28. The van der Waals surface area contributed by atoms with Gasteiger partial charge in [0.1, 0.15) is 0 Å². The fourth-order valence-electron chi connectivity index (χ4n) is 1.61. The van der Waals surface area contributed by atoms with Gasteiger partial charge in [0.2, 0.25) is 5.91 Å². The van der Waals surface area contributed by atoms with Gasteiger partial charge in [-0.2, -0.15) is 0 Å². The van der Waals surface area contributed by atoms with Crippen molar-refractivity contribution in [1.29, 1.82) is 0 Å². The van der Waals surface area contributed by atoms with E-state index in [1.54, 1.807) is 6.08 Å². The number of hydrogen-bond acceptors (Lipinski definition) is 2. The molecule has 1 saturated heterocycles. The summed E-state index contributed by atoms with van der Waals surface area (Å²) in [5.74, 6) is 0.145. The molecule has 1 fully saturated rings. The van der Waals surface area contributed by atoms with Gasteiger partial charge in [-0.25, -0.2) is 0 Å². The van der Waals surface area contributed by atoms with E-state index >= 15 is 0 Å². The summed E-state index contributed by atoms with van der Waals surface area (Å²) in [7, 11) is 3.98. The minimum atomic E-state index is 0.145. The van der Waals surface area contributed by atoms with Gasteiger partial charge < -0.3 is 9.80 Å². The van der Waals surface area contributed by atoms with E-state index in [2.05, 4.69) is 13.8 Å². The second-order valence-electron chi connectivity index (χ2n) is 5.02. The summed E-state index contributed by atoms with van der Waals surface area (Å²) in [6.45, 7) is 6.96. The average molecular weight is 196 g/mol. The second-order valence-corrected chi connectivity index (χ2v) is 5.02. The second kappa shape index (κ2) is 4.13. The van der Waals surface area contributed by atoms with Crippen molar-refractivity contribution in [3.05, 3.63) is 12.2 Å². The molecule has 1 aliphatic rings. The van der Waals surface area contributed by atoms with E-state index in [1.165, 1.54) is 0 Å². The Kier molecular flexibility index (Phi) is 3.32. The first-order chi connectivity index (χ1) is 6.41. The van der Waals surface area contributed by atoms with Gasteiger partial charge in [0.15, 0.2) is 0 Å². The number of amides is 1. The predicted octanol–water partition coefficient (Wildman–Crippen LogP) is 0.973. The van der Waals surface area contributed by atoms with Crippen molar-refractivity contribution in [2.75, 3.05) is 33.7 Å². The first kappa shape index (κ1) is 11.2. The van der Waals surface area contributed by atoms with Crippen molar-refractivity contribution < 1.29 is 4.79 Å². The SMILES string of the molecule is CN(C)C/C=C/C(=O)N1CC(C)(C)C1. The van der Waals surface area contributed by atoms with Gasteiger partial charge >= 0.3 is 0 Å². The Labute approximate surface area is 86.4 Å². The molecule has 0 bridgehead atoms. The number of likely N-dealkylation sites (tertiary alicyclic amines) is 1. The monoisotopic (exact) mass is 196 g/mol. The highest BCUT2D eigenvalue weighted by atomic mass is 16.2. The summed E-state index contributed by atoms with van der Waals surface area (Å²) in [5.41, 5.74) is 0.324. The lowest BCUT2D eigenvalue weighted by atomic mass is 9.84. The molecule has 1 amide bonds. The molecule has 0 atom stereocenters. The van der Waals surface area contributed by atoms with Crippen LogP contribution in [0.15, 0.2) is 12.2 Å². The first-order valence-electron chi connectivity index (χ1n) is 5.01. The molecule has 0 aromatic rings. The zero-order valence-electron chi connectivity index (χ0n) is 9.58. The molecule has 1 rings (SSSR count). The Morgan fingerprint density at radius 3 is 2.43 bits per heavy atom. The molecule has 3 heteroatoms. The number of rotatable bonds is 3. The summed E-state index contributed by atoms with van der Waals surface area (Å²) in [5, 5.41) is 0. The lowest BCUT2D eigenvalue weighted by Crippen LogP contribution is -2.54. The van der Waals surface area contributed by atoms with Crippen molar-refractivity contribution >= 4 is 5.91 Å². The lowest BCUT2D eigenvalue weighted by molar-refractivity contribution is -0.135. The van der Waals surface area contributed by atoms with Crippen molar-refractivity contribution in [2.24, 2.45) is 5.41 Å². The van der Waals surface area contributed by atoms with Crippen LogP contribution in [0.1, 0.15) is 13.8 Å². The molecule has 0 radical (unpaired) electrons. The maximum Gasteiger partial charge on any atom is 0.246 e. The zero-order valence-corrected chi connectivity index (χ0v) is 9.58. The van der Waals surface area contributed by atoms with E-state index in [0.29, 0.717) is 5.41 Å². The Balaban J connectivity index is 2.27. The highest BCUT2D eigenvalue weighted by Gasteiger charge is 2.35. The minimum Gasteiger partial charge on any atom is -0.338 e. The number of nitrogens with zero attached hydrogens (tertiary/aromatic N) is 2. The fraction of sp³-hybridized carbons (Fsp3) is 0.727. The van der Waals surface area contributed by atoms with Crippen LogP contribution in [0.2, 0.25) is 0 Å². The van der Waals surface area contributed by atoms with Gasteiger partial charge in [-0.3, -0.25) is 4.79 Å². The molecular formula is C11H20N2O. The summed E-state index contributed by atoms with van der Waals surface area (Å²) >= 11 is 0.